The van der Waals surface area contributed by atoms with E-state index in [4.69, 9.17) is 17.1 Å². The number of carbonyl (C=O) groups excluding carboxylic acids is 1. The van der Waals surface area contributed by atoms with E-state index in [-0.39, 0.29) is 29.4 Å². The normalized spacial score (nSPS) is 11.5. The molecule has 0 saturated heterocycles. The van der Waals surface area contributed by atoms with Gasteiger partial charge in [-0.05, 0) is 30.2 Å². The summed E-state index contributed by atoms with van der Waals surface area (Å²) in [5.74, 6) is 0.551. The van der Waals surface area contributed by atoms with Gasteiger partial charge in [-0.1, -0.05) is 47.0 Å². The third kappa shape index (κ3) is 6.24. The van der Waals surface area contributed by atoms with Crippen LogP contribution < -0.4 is 4.90 Å². The molecular weight excluding hydrogens is 434 g/mol. The van der Waals surface area contributed by atoms with Crippen LogP contribution in [0.2, 0.25) is 5.15 Å². The Morgan fingerprint density at radius 1 is 1.32 bits per heavy atom. The molecule has 1 unspecified atom stereocenters. The first-order valence-corrected chi connectivity index (χ1v) is 11.2. The molecule has 0 bridgehead atoms. The second-order valence-electron chi connectivity index (χ2n) is 6.63. The Balaban J connectivity index is 1.70. The molecule has 0 aliphatic heterocycles. The lowest BCUT2D eigenvalue weighted by Crippen LogP contribution is -2.33. The van der Waals surface area contributed by atoms with Crippen LogP contribution in [0, 0.1) is 0 Å². The average Bonchev–Trinajstić information content (AvgIpc) is 3.19. The topological polar surface area (TPSA) is 99.8 Å². The van der Waals surface area contributed by atoms with Crippen molar-refractivity contribution in [1.82, 2.24) is 14.8 Å². The molecule has 10 heteroatoms. The molecule has 3 aromatic rings. The van der Waals surface area contributed by atoms with Gasteiger partial charge in [-0.15, -0.1) is 0 Å². The summed E-state index contributed by atoms with van der Waals surface area (Å²) in [6, 6.07) is 13.8. The average molecular weight is 456 g/mol. The second-order valence-corrected chi connectivity index (χ2v) is 8.44. The summed E-state index contributed by atoms with van der Waals surface area (Å²) in [5.41, 5.74) is 11.0. The fraction of sp³-hybridized carbons (Fsp3) is 0.286. The van der Waals surface area contributed by atoms with Crippen LogP contribution in [0.1, 0.15) is 24.2 Å². The Morgan fingerprint density at radius 2 is 2.13 bits per heavy atom. The number of amides is 1. The van der Waals surface area contributed by atoms with Gasteiger partial charge in [0, 0.05) is 41.6 Å². The van der Waals surface area contributed by atoms with Gasteiger partial charge in [0.15, 0.2) is 5.15 Å². The third-order valence-corrected chi connectivity index (χ3v) is 6.07. The summed E-state index contributed by atoms with van der Waals surface area (Å²) in [5, 5.41) is 8.34. The van der Waals surface area contributed by atoms with E-state index >= 15 is 0 Å². The lowest BCUT2D eigenvalue weighted by Gasteiger charge is -2.21. The van der Waals surface area contributed by atoms with Crippen molar-refractivity contribution in [3.8, 4) is 5.69 Å². The minimum Gasteiger partial charge on any atom is -0.308 e. The fourth-order valence-electron chi connectivity index (χ4n) is 2.99. The van der Waals surface area contributed by atoms with Gasteiger partial charge in [-0.3, -0.25) is 9.78 Å². The van der Waals surface area contributed by atoms with Gasteiger partial charge in [0.1, 0.15) is 5.69 Å². The zero-order valence-electron chi connectivity index (χ0n) is 17.0. The number of nitrogens with zero attached hydrogens (tertiary/aromatic N) is 7. The number of benzene rings is 1. The minimum absolute atomic E-state index is 0.103. The standard InChI is InChI=1S/C21H22ClN7OS/c1-16(17-6-3-2-4-7-17)31-13-9-20(30)28(12-11-25-27-23)19-15-29(26-21(19)22)18-8-5-10-24-14-18/h2-8,10,14-16H,9,11-13H2,1H3. The van der Waals surface area contributed by atoms with Crippen LogP contribution >= 0.6 is 23.4 Å². The van der Waals surface area contributed by atoms with Crippen molar-refractivity contribution in [1.29, 1.82) is 0 Å². The number of anilines is 1. The highest BCUT2D eigenvalue weighted by molar-refractivity contribution is 7.99. The SMILES string of the molecule is CC(SCCC(=O)N(CCN=[N+]=[N-])c1cn(-c2cccnc2)nc1Cl)c1ccccc1. The number of azide groups is 1. The number of thioether (sulfide) groups is 1. The van der Waals surface area contributed by atoms with Crippen LogP contribution in [0.25, 0.3) is 16.1 Å². The molecule has 1 atom stereocenters. The van der Waals surface area contributed by atoms with E-state index in [0.29, 0.717) is 17.9 Å². The van der Waals surface area contributed by atoms with Crippen molar-refractivity contribution < 1.29 is 4.79 Å². The van der Waals surface area contributed by atoms with Crippen molar-refractivity contribution in [3.63, 3.8) is 0 Å². The molecule has 0 N–H and O–H groups in total. The summed E-state index contributed by atoms with van der Waals surface area (Å²) in [6.45, 7) is 2.49. The Labute approximate surface area is 189 Å². The third-order valence-electron chi connectivity index (χ3n) is 4.59. The Bertz CT molecular complexity index is 1040. The van der Waals surface area contributed by atoms with Crippen molar-refractivity contribution in [3.05, 3.63) is 82.2 Å². The fourth-order valence-corrected chi connectivity index (χ4v) is 4.22. The van der Waals surface area contributed by atoms with Crippen LogP contribution in [0.15, 0.2) is 66.2 Å². The number of hydrogen-bond acceptors (Lipinski definition) is 5. The Morgan fingerprint density at radius 3 is 2.84 bits per heavy atom. The van der Waals surface area contributed by atoms with Crippen LogP contribution in [0.4, 0.5) is 5.69 Å². The van der Waals surface area contributed by atoms with E-state index in [2.05, 4.69) is 39.2 Å². The number of aromatic nitrogens is 3. The highest BCUT2D eigenvalue weighted by Gasteiger charge is 2.21. The molecule has 3 rings (SSSR count). The number of hydrogen-bond donors (Lipinski definition) is 0. The van der Waals surface area contributed by atoms with Crippen LogP contribution in [0.5, 0.6) is 0 Å². The maximum atomic E-state index is 13.0. The predicted molar refractivity (Wildman–Crippen MR) is 125 cm³/mol. The maximum absolute atomic E-state index is 13.0. The molecule has 0 radical (unpaired) electrons. The van der Waals surface area contributed by atoms with Gasteiger partial charge < -0.3 is 4.90 Å². The van der Waals surface area contributed by atoms with E-state index in [9.17, 15) is 4.79 Å². The maximum Gasteiger partial charge on any atom is 0.227 e. The lowest BCUT2D eigenvalue weighted by molar-refractivity contribution is -0.118. The number of rotatable bonds is 10. The molecular formula is C21H22ClN7OS. The van der Waals surface area contributed by atoms with Gasteiger partial charge in [0.2, 0.25) is 5.91 Å². The molecule has 160 valence electrons. The highest BCUT2D eigenvalue weighted by atomic mass is 35.5. The zero-order chi connectivity index (χ0) is 22.1. The van der Waals surface area contributed by atoms with Crippen molar-refractivity contribution in [2.24, 2.45) is 5.11 Å². The highest BCUT2D eigenvalue weighted by Crippen LogP contribution is 2.30. The van der Waals surface area contributed by atoms with Gasteiger partial charge in [0.05, 0.1) is 18.1 Å². The molecule has 0 saturated carbocycles. The smallest absolute Gasteiger partial charge is 0.227 e. The molecule has 8 nitrogen and oxygen atoms in total. The first kappa shape index (κ1) is 22.7. The quantitative estimate of drug-likeness (QED) is 0.230. The van der Waals surface area contributed by atoms with Crippen molar-refractivity contribution in [2.45, 2.75) is 18.6 Å². The summed E-state index contributed by atoms with van der Waals surface area (Å²) < 4.78 is 1.57. The molecule has 1 aromatic carbocycles. The minimum atomic E-state index is -0.103. The number of pyridine rings is 1. The molecule has 31 heavy (non-hydrogen) atoms. The van der Waals surface area contributed by atoms with Crippen LogP contribution in [0.3, 0.4) is 0 Å². The predicted octanol–water partition coefficient (Wildman–Crippen LogP) is 5.45. The van der Waals surface area contributed by atoms with Crippen LogP contribution in [-0.4, -0.2) is 39.5 Å². The molecule has 2 aromatic heterocycles. The number of halogens is 1. The lowest BCUT2D eigenvalue weighted by atomic mass is 10.2. The van der Waals surface area contributed by atoms with E-state index in [1.54, 1.807) is 41.1 Å². The molecule has 0 aliphatic rings. The second kappa shape index (κ2) is 11.4. The summed E-state index contributed by atoms with van der Waals surface area (Å²) in [6.07, 6.45) is 5.33. The summed E-state index contributed by atoms with van der Waals surface area (Å²) in [4.78, 5) is 21.4. The molecule has 0 spiro atoms. The molecule has 2 heterocycles. The van der Waals surface area contributed by atoms with Gasteiger partial charge in [-0.25, -0.2) is 4.68 Å². The van der Waals surface area contributed by atoms with Gasteiger partial charge in [0.25, 0.3) is 0 Å². The van der Waals surface area contributed by atoms with Gasteiger partial charge in [-0.2, -0.15) is 16.9 Å². The molecule has 1 amide bonds. The summed E-state index contributed by atoms with van der Waals surface area (Å²) >= 11 is 8.07. The van der Waals surface area contributed by atoms with Crippen molar-refractivity contribution in [2.75, 3.05) is 23.7 Å². The van der Waals surface area contributed by atoms with E-state index in [1.807, 2.05) is 24.3 Å². The Kier molecular flexibility index (Phi) is 8.35. The first-order chi connectivity index (χ1) is 15.1. The molecule has 0 aliphatic carbocycles. The van der Waals surface area contributed by atoms with E-state index in [0.717, 1.165) is 5.69 Å². The zero-order valence-corrected chi connectivity index (χ0v) is 18.6. The summed E-state index contributed by atoms with van der Waals surface area (Å²) in [7, 11) is 0. The van der Waals surface area contributed by atoms with Crippen molar-refractivity contribution >= 4 is 35.0 Å². The Hall–Kier alpha value is -3.00. The van der Waals surface area contributed by atoms with E-state index < -0.39 is 0 Å². The van der Waals surface area contributed by atoms with Crippen LogP contribution in [-0.2, 0) is 4.79 Å². The number of carbonyl (C=O) groups is 1. The van der Waals surface area contributed by atoms with E-state index in [1.165, 1.54) is 10.5 Å². The monoisotopic (exact) mass is 455 g/mol. The molecule has 0 fully saturated rings. The largest absolute Gasteiger partial charge is 0.308 e. The van der Waals surface area contributed by atoms with Gasteiger partial charge >= 0.3 is 0 Å². The first-order valence-electron chi connectivity index (χ1n) is 9.73.